The molecule has 110 valence electrons. The molecule has 1 aromatic carbocycles. The third-order valence-electron chi connectivity index (χ3n) is 3.15. The first-order chi connectivity index (χ1) is 9.31. The second-order valence-electron chi connectivity index (χ2n) is 5.17. The van der Waals surface area contributed by atoms with Crippen molar-refractivity contribution in [2.75, 3.05) is 6.54 Å². The first-order valence-corrected chi connectivity index (χ1v) is 6.58. The van der Waals surface area contributed by atoms with Crippen LogP contribution >= 0.6 is 0 Å². The van der Waals surface area contributed by atoms with E-state index in [0.717, 1.165) is 5.56 Å². The van der Waals surface area contributed by atoms with Crippen molar-refractivity contribution in [3.05, 3.63) is 35.6 Å². The zero-order valence-corrected chi connectivity index (χ0v) is 12.0. The van der Waals surface area contributed by atoms with Gasteiger partial charge in [0, 0.05) is 12.5 Å². The highest BCUT2D eigenvalue weighted by Gasteiger charge is 2.22. The minimum Gasteiger partial charge on any atom is -0.480 e. The molecule has 1 N–H and O–H groups in total. The lowest BCUT2D eigenvalue weighted by Crippen LogP contribution is -2.41. The minimum atomic E-state index is -1.04. The SMILES string of the molecule is CC(CC(=O)N(CC(=O)O)C(C)C)c1cccc(F)c1. The molecular weight excluding hydrogens is 261 g/mol. The number of carbonyl (C=O) groups excluding carboxylic acids is 1. The van der Waals surface area contributed by atoms with Crippen molar-refractivity contribution in [3.8, 4) is 0 Å². The number of halogens is 1. The van der Waals surface area contributed by atoms with Gasteiger partial charge in [0.2, 0.25) is 5.91 Å². The molecule has 0 saturated carbocycles. The molecule has 0 aliphatic carbocycles. The normalized spacial score (nSPS) is 12.2. The van der Waals surface area contributed by atoms with Gasteiger partial charge in [0.1, 0.15) is 12.4 Å². The summed E-state index contributed by atoms with van der Waals surface area (Å²) in [5.74, 6) is -1.77. The maximum atomic E-state index is 13.2. The molecule has 0 heterocycles. The van der Waals surface area contributed by atoms with Gasteiger partial charge in [0.15, 0.2) is 0 Å². The van der Waals surface area contributed by atoms with E-state index in [9.17, 15) is 14.0 Å². The lowest BCUT2D eigenvalue weighted by Gasteiger charge is -2.26. The van der Waals surface area contributed by atoms with E-state index in [-0.39, 0.29) is 36.6 Å². The Kier molecular flexibility index (Phi) is 5.67. The molecule has 0 aliphatic heterocycles. The molecule has 5 heteroatoms. The topological polar surface area (TPSA) is 57.6 Å². The van der Waals surface area contributed by atoms with E-state index in [2.05, 4.69) is 0 Å². The molecule has 0 saturated heterocycles. The molecule has 1 unspecified atom stereocenters. The molecule has 0 fully saturated rings. The van der Waals surface area contributed by atoms with Crippen LogP contribution in [0.15, 0.2) is 24.3 Å². The van der Waals surface area contributed by atoms with E-state index in [1.165, 1.54) is 17.0 Å². The Bertz CT molecular complexity index is 488. The Hall–Kier alpha value is -1.91. The summed E-state index contributed by atoms with van der Waals surface area (Å²) >= 11 is 0. The van der Waals surface area contributed by atoms with Gasteiger partial charge in [-0.2, -0.15) is 0 Å². The lowest BCUT2D eigenvalue weighted by atomic mass is 9.97. The molecule has 0 radical (unpaired) electrons. The van der Waals surface area contributed by atoms with Crippen molar-refractivity contribution >= 4 is 11.9 Å². The monoisotopic (exact) mass is 281 g/mol. The summed E-state index contributed by atoms with van der Waals surface area (Å²) in [4.78, 5) is 24.3. The number of amides is 1. The zero-order valence-electron chi connectivity index (χ0n) is 12.0. The zero-order chi connectivity index (χ0) is 15.3. The van der Waals surface area contributed by atoms with Gasteiger partial charge < -0.3 is 10.0 Å². The summed E-state index contributed by atoms with van der Waals surface area (Å²) < 4.78 is 13.2. The first kappa shape index (κ1) is 16.1. The van der Waals surface area contributed by atoms with Crippen LogP contribution in [0.25, 0.3) is 0 Å². The number of hydrogen-bond donors (Lipinski definition) is 1. The van der Waals surface area contributed by atoms with Gasteiger partial charge in [-0.25, -0.2) is 4.39 Å². The number of hydrogen-bond acceptors (Lipinski definition) is 2. The Labute approximate surface area is 118 Å². The highest BCUT2D eigenvalue weighted by molar-refractivity contribution is 5.82. The van der Waals surface area contributed by atoms with Crippen molar-refractivity contribution in [1.29, 1.82) is 0 Å². The minimum absolute atomic E-state index is 0.159. The van der Waals surface area contributed by atoms with Crippen LogP contribution in [0.3, 0.4) is 0 Å². The number of rotatable bonds is 6. The molecular formula is C15H20FNO3. The maximum Gasteiger partial charge on any atom is 0.323 e. The van der Waals surface area contributed by atoms with Crippen LogP contribution in [0.1, 0.15) is 38.7 Å². The van der Waals surface area contributed by atoms with Gasteiger partial charge in [-0.1, -0.05) is 19.1 Å². The summed E-state index contributed by atoms with van der Waals surface area (Å²) in [6.07, 6.45) is 0.162. The fourth-order valence-corrected chi connectivity index (χ4v) is 2.01. The number of benzene rings is 1. The third kappa shape index (κ3) is 4.64. The van der Waals surface area contributed by atoms with Crippen LogP contribution in [0.2, 0.25) is 0 Å². The highest BCUT2D eigenvalue weighted by atomic mass is 19.1. The van der Waals surface area contributed by atoms with Crippen molar-refractivity contribution in [2.24, 2.45) is 0 Å². The molecule has 1 amide bonds. The van der Waals surface area contributed by atoms with Crippen LogP contribution in [-0.4, -0.2) is 34.5 Å². The van der Waals surface area contributed by atoms with Crippen molar-refractivity contribution in [3.63, 3.8) is 0 Å². The van der Waals surface area contributed by atoms with E-state index < -0.39 is 5.97 Å². The van der Waals surface area contributed by atoms with E-state index in [1.54, 1.807) is 26.0 Å². The highest BCUT2D eigenvalue weighted by Crippen LogP contribution is 2.21. The third-order valence-corrected chi connectivity index (χ3v) is 3.15. The van der Waals surface area contributed by atoms with Crippen molar-refractivity contribution < 1.29 is 19.1 Å². The standard InChI is InChI=1S/C15H20FNO3/c1-10(2)17(9-15(19)20)14(18)7-11(3)12-5-4-6-13(16)8-12/h4-6,8,10-11H,7,9H2,1-3H3,(H,19,20). The van der Waals surface area contributed by atoms with Crippen LogP contribution < -0.4 is 0 Å². The summed E-state index contributed by atoms with van der Waals surface area (Å²) in [7, 11) is 0. The molecule has 0 aliphatic rings. The second kappa shape index (κ2) is 7.03. The van der Waals surface area contributed by atoms with Gasteiger partial charge >= 0.3 is 5.97 Å². The molecule has 0 spiro atoms. The lowest BCUT2D eigenvalue weighted by molar-refractivity contribution is -0.145. The molecule has 4 nitrogen and oxygen atoms in total. The Morgan fingerprint density at radius 1 is 1.30 bits per heavy atom. The van der Waals surface area contributed by atoms with Gasteiger partial charge in [-0.05, 0) is 37.5 Å². The fraction of sp³-hybridized carbons (Fsp3) is 0.467. The van der Waals surface area contributed by atoms with Crippen molar-refractivity contribution in [2.45, 2.75) is 39.2 Å². The molecule has 0 aromatic heterocycles. The second-order valence-corrected chi connectivity index (χ2v) is 5.17. The largest absolute Gasteiger partial charge is 0.480 e. The summed E-state index contributed by atoms with van der Waals surface area (Å²) in [6, 6.07) is 5.93. The molecule has 20 heavy (non-hydrogen) atoms. The van der Waals surface area contributed by atoms with Gasteiger partial charge in [0.05, 0.1) is 0 Å². The Morgan fingerprint density at radius 3 is 2.45 bits per heavy atom. The smallest absolute Gasteiger partial charge is 0.323 e. The summed E-state index contributed by atoms with van der Waals surface area (Å²) in [5.41, 5.74) is 0.734. The number of nitrogens with zero attached hydrogens (tertiary/aromatic N) is 1. The van der Waals surface area contributed by atoms with Gasteiger partial charge in [-0.15, -0.1) is 0 Å². The maximum absolute atomic E-state index is 13.2. The van der Waals surface area contributed by atoms with Crippen LogP contribution in [0.5, 0.6) is 0 Å². The molecule has 1 aromatic rings. The molecule has 1 rings (SSSR count). The number of aliphatic carboxylic acids is 1. The van der Waals surface area contributed by atoms with Gasteiger partial charge in [0.25, 0.3) is 0 Å². The average Bonchev–Trinajstić information content (AvgIpc) is 2.35. The van der Waals surface area contributed by atoms with E-state index in [1.807, 2.05) is 6.92 Å². The quantitative estimate of drug-likeness (QED) is 0.872. The van der Waals surface area contributed by atoms with Crippen LogP contribution in [0.4, 0.5) is 4.39 Å². The van der Waals surface area contributed by atoms with Gasteiger partial charge in [-0.3, -0.25) is 9.59 Å². The van der Waals surface area contributed by atoms with Crippen LogP contribution in [0, 0.1) is 5.82 Å². The number of carboxylic acid groups (broad SMARTS) is 1. The first-order valence-electron chi connectivity index (χ1n) is 6.58. The summed E-state index contributed by atoms with van der Waals surface area (Å²) in [5, 5.41) is 8.83. The van der Waals surface area contributed by atoms with Crippen molar-refractivity contribution in [1.82, 2.24) is 4.90 Å². The Balaban J connectivity index is 2.75. The van der Waals surface area contributed by atoms with E-state index in [0.29, 0.717) is 0 Å². The molecule has 0 bridgehead atoms. The average molecular weight is 281 g/mol. The summed E-state index contributed by atoms with van der Waals surface area (Å²) in [6.45, 7) is 5.06. The van der Waals surface area contributed by atoms with E-state index in [4.69, 9.17) is 5.11 Å². The predicted molar refractivity (Wildman–Crippen MR) is 73.9 cm³/mol. The Morgan fingerprint density at radius 2 is 1.95 bits per heavy atom. The number of carboxylic acids is 1. The van der Waals surface area contributed by atoms with E-state index >= 15 is 0 Å². The predicted octanol–water partition coefficient (Wildman–Crippen LogP) is 2.64. The van der Waals surface area contributed by atoms with Crippen LogP contribution in [-0.2, 0) is 9.59 Å². The number of carbonyl (C=O) groups is 2. The fourth-order valence-electron chi connectivity index (χ4n) is 2.01. The molecule has 1 atom stereocenters.